The van der Waals surface area contributed by atoms with Gasteiger partial charge in [-0.1, -0.05) is 65.9 Å². The van der Waals surface area contributed by atoms with Gasteiger partial charge in [0, 0.05) is 0 Å². The van der Waals surface area contributed by atoms with E-state index in [-0.39, 0.29) is 18.0 Å². The number of carbonyl (C=O) groups excluding carboxylic acids is 1. The Balaban J connectivity index is 1.63. The number of fused-ring (bicyclic) bond motifs is 1. The number of hydrogen-bond acceptors (Lipinski definition) is 4. The molecule has 1 amide bonds. The molecule has 0 aliphatic carbocycles. The third kappa shape index (κ3) is 4.27. The number of para-hydroxylation sites is 2. The number of halogens is 1. The zero-order valence-corrected chi connectivity index (χ0v) is 16.7. The van der Waals surface area contributed by atoms with Gasteiger partial charge in [0.05, 0.1) is 11.2 Å². The Kier molecular flexibility index (Phi) is 5.53. The van der Waals surface area contributed by atoms with E-state index < -0.39 is 5.82 Å². The zero-order chi connectivity index (χ0) is 20.2. The van der Waals surface area contributed by atoms with E-state index in [4.69, 9.17) is 4.74 Å². The Morgan fingerprint density at radius 3 is 2.55 bits per heavy atom. The van der Waals surface area contributed by atoms with Gasteiger partial charge in [-0.25, -0.2) is 9.37 Å². The fourth-order valence-corrected chi connectivity index (χ4v) is 3.98. The van der Waals surface area contributed by atoms with Gasteiger partial charge in [-0.2, -0.15) is 0 Å². The predicted octanol–water partition coefficient (Wildman–Crippen LogP) is 5.36. The molecule has 1 heterocycles. The topological polar surface area (TPSA) is 42.4 Å². The highest BCUT2D eigenvalue weighted by Crippen LogP contribution is 2.31. The van der Waals surface area contributed by atoms with Crippen LogP contribution < -0.4 is 9.64 Å². The standard InChI is InChI=1S/C23H19FN2O2S/c1-16-8-5-6-12-19(16)28-15-21(27)26(14-17-9-3-2-4-10-17)23-25-22-18(24)11-7-13-20(22)29-23/h2-13H,14-15H2,1H3. The summed E-state index contributed by atoms with van der Waals surface area (Å²) in [5.41, 5.74) is 2.19. The molecule has 0 fully saturated rings. The molecule has 0 saturated carbocycles. The molecule has 0 radical (unpaired) electrons. The molecule has 6 heteroatoms. The summed E-state index contributed by atoms with van der Waals surface area (Å²) in [7, 11) is 0. The minimum Gasteiger partial charge on any atom is -0.483 e. The maximum Gasteiger partial charge on any atom is 0.267 e. The number of nitrogens with zero attached hydrogens (tertiary/aromatic N) is 2. The van der Waals surface area contributed by atoms with Crippen LogP contribution in [-0.2, 0) is 11.3 Å². The van der Waals surface area contributed by atoms with Crippen LogP contribution in [0.2, 0.25) is 0 Å². The van der Waals surface area contributed by atoms with E-state index in [0.29, 0.717) is 22.1 Å². The average molecular weight is 406 g/mol. The van der Waals surface area contributed by atoms with E-state index in [1.165, 1.54) is 17.4 Å². The summed E-state index contributed by atoms with van der Waals surface area (Å²) in [6.07, 6.45) is 0. The Morgan fingerprint density at radius 1 is 1.03 bits per heavy atom. The van der Waals surface area contributed by atoms with Gasteiger partial charge >= 0.3 is 0 Å². The number of amides is 1. The largest absolute Gasteiger partial charge is 0.483 e. The minimum absolute atomic E-state index is 0.129. The summed E-state index contributed by atoms with van der Waals surface area (Å²) in [6, 6.07) is 22.0. The molecular formula is C23H19FN2O2S. The first-order valence-electron chi connectivity index (χ1n) is 9.19. The lowest BCUT2D eigenvalue weighted by atomic mass is 10.2. The van der Waals surface area contributed by atoms with Gasteiger partial charge in [-0.15, -0.1) is 0 Å². The molecule has 29 heavy (non-hydrogen) atoms. The van der Waals surface area contributed by atoms with Crippen molar-refractivity contribution in [2.75, 3.05) is 11.5 Å². The number of hydrogen-bond donors (Lipinski definition) is 0. The molecule has 1 aromatic heterocycles. The lowest BCUT2D eigenvalue weighted by Crippen LogP contribution is -2.34. The highest BCUT2D eigenvalue weighted by Gasteiger charge is 2.22. The summed E-state index contributed by atoms with van der Waals surface area (Å²) in [5, 5.41) is 0.451. The van der Waals surface area contributed by atoms with E-state index in [9.17, 15) is 9.18 Å². The molecule has 4 nitrogen and oxygen atoms in total. The first kappa shape index (κ1) is 19.1. The molecule has 0 aliphatic rings. The maximum atomic E-state index is 14.1. The van der Waals surface area contributed by atoms with Crippen molar-refractivity contribution in [2.24, 2.45) is 0 Å². The van der Waals surface area contributed by atoms with Crippen molar-refractivity contribution in [2.45, 2.75) is 13.5 Å². The number of aromatic nitrogens is 1. The monoisotopic (exact) mass is 406 g/mol. The molecule has 0 unspecified atom stereocenters. The van der Waals surface area contributed by atoms with Crippen molar-refractivity contribution in [1.29, 1.82) is 0 Å². The third-order valence-electron chi connectivity index (χ3n) is 4.52. The highest BCUT2D eigenvalue weighted by molar-refractivity contribution is 7.22. The molecule has 0 aliphatic heterocycles. The van der Waals surface area contributed by atoms with Crippen LogP contribution >= 0.6 is 11.3 Å². The number of benzene rings is 3. The second-order valence-electron chi connectivity index (χ2n) is 6.60. The van der Waals surface area contributed by atoms with E-state index in [1.54, 1.807) is 17.0 Å². The molecule has 0 spiro atoms. The van der Waals surface area contributed by atoms with E-state index in [1.807, 2.05) is 61.5 Å². The Labute approximate surface area is 172 Å². The second-order valence-corrected chi connectivity index (χ2v) is 7.61. The summed E-state index contributed by atoms with van der Waals surface area (Å²) >= 11 is 1.29. The summed E-state index contributed by atoms with van der Waals surface area (Å²) in [4.78, 5) is 19.0. The molecule has 3 aromatic carbocycles. The first-order chi connectivity index (χ1) is 14.1. The van der Waals surface area contributed by atoms with Crippen LogP contribution in [0.4, 0.5) is 9.52 Å². The summed E-state index contributed by atoms with van der Waals surface area (Å²) < 4.78 is 20.6. The van der Waals surface area contributed by atoms with Crippen molar-refractivity contribution in [1.82, 2.24) is 4.98 Å². The Morgan fingerprint density at radius 2 is 1.79 bits per heavy atom. The van der Waals surface area contributed by atoms with Crippen LogP contribution in [0, 0.1) is 12.7 Å². The van der Waals surface area contributed by atoms with Crippen molar-refractivity contribution in [3.05, 3.63) is 89.7 Å². The fourth-order valence-electron chi connectivity index (χ4n) is 2.98. The van der Waals surface area contributed by atoms with E-state index in [2.05, 4.69) is 4.98 Å². The smallest absolute Gasteiger partial charge is 0.267 e. The SMILES string of the molecule is Cc1ccccc1OCC(=O)N(Cc1ccccc1)c1nc2c(F)cccc2s1. The second kappa shape index (κ2) is 8.41. The van der Waals surface area contributed by atoms with Gasteiger partial charge in [-0.3, -0.25) is 9.69 Å². The normalized spacial score (nSPS) is 10.8. The van der Waals surface area contributed by atoms with Gasteiger partial charge in [0.15, 0.2) is 11.7 Å². The number of carbonyl (C=O) groups is 1. The van der Waals surface area contributed by atoms with E-state index >= 15 is 0 Å². The maximum absolute atomic E-state index is 14.1. The molecule has 0 saturated heterocycles. The van der Waals surface area contributed by atoms with Crippen molar-refractivity contribution < 1.29 is 13.9 Å². The lowest BCUT2D eigenvalue weighted by Gasteiger charge is -2.20. The minimum atomic E-state index is -0.395. The van der Waals surface area contributed by atoms with Gasteiger partial charge in [0.25, 0.3) is 5.91 Å². The molecule has 4 rings (SSSR count). The van der Waals surface area contributed by atoms with Crippen LogP contribution in [0.3, 0.4) is 0 Å². The predicted molar refractivity (Wildman–Crippen MR) is 114 cm³/mol. The van der Waals surface area contributed by atoms with Gasteiger partial charge < -0.3 is 4.74 Å². The fraction of sp³-hybridized carbons (Fsp3) is 0.130. The molecule has 0 atom stereocenters. The zero-order valence-electron chi connectivity index (χ0n) is 15.8. The number of anilines is 1. The number of ether oxygens (including phenoxy) is 1. The molecule has 0 N–H and O–H groups in total. The van der Waals surface area contributed by atoms with Crippen LogP contribution in [0.1, 0.15) is 11.1 Å². The third-order valence-corrected chi connectivity index (χ3v) is 5.56. The molecule has 4 aromatic rings. The number of rotatable bonds is 6. The lowest BCUT2D eigenvalue weighted by molar-refractivity contribution is -0.120. The van der Waals surface area contributed by atoms with Crippen LogP contribution in [-0.4, -0.2) is 17.5 Å². The molecule has 0 bridgehead atoms. The van der Waals surface area contributed by atoms with Crippen LogP contribution in [0.25, 0.3) is 10.2 Å². The summed E-state index contributed by atoms with van der Waals surface area (Å²) in [6.45, 7) is 2.13. The van der Waals surface area contributed by atoms with Gasteiger partial charge in [0.1, 0.15) is 17.1 Å². The van der Waals surface area contributed by atoms with Crippen molar-refractivity contribution in [3.8, 4) is 5.75 Å². The Bertz CT molecular complexity index is 1140. The van der Waals surface area contributed by atoms with Crippen LogP contribution in [0.15, 0.2) is 72.8 Å². The van der Waals surface area contributed by atoms with Crippen molar-refractivity contribution >= 4 is 32.6 Å². The van der Waals surface area contributed by atoms with Gasteiger partial charge in [0.2, 0.25) is 0 Å². The van der Waals surface area contributed by atoms with Crippen LogP contribution in [0.5, 0.6) is 5.75 Å². The van der Waals surface area contributed by atoms with E-state index in [0.717, 1.165) is 11.1 Å². The Hall–Kier alpha value is -3.25. The highest BCUT2D eigenvalue weighted by atomic mass is 32.1. The van der Waals surface area contributed by atoms with Gasteiger partial charge in [-0.05, 0) is 36.2 Å². The summed E-state index contributed by atoms with van der Waals surface area (Å²) in [5.74, 6) is 0.0284. The quantitative estimate of drug-likeness (QED) is 0.433. The van der Waals surface area contributed by atoms with Crippen molar-refractivity contribution in [3.63, 3.8) is 0 Å². The molecular weight excluding hydrogens is 387 g/mol. The average Bonchev–Trinajstić information content (AvgIpc) is 3.17. The number of thiazole rings is 1. The first-order valence-corrected chi connectivity index (χ1v) is 10.0. The number of aryl methyl sites for hydroxylation is 1. The molecule has 146 valence electrons.